The zero-order valence-corrected chi connectivity index (χ0v) is 27.0. The summed E-state index contributed by atoms with van der Waals surface area (Å²) < 4.78 is 0. The Bertz CT molecular complexity index is 1880. The lowest BCUT2D eigenvalue weighted by Crippen LogP contribution is -2.30. The van der Waals surface area contributed by atoms with Crippen molar-refractivity contribution in [3.63, 3.8) is 0 Å². The SMILES string of the molecule is Cc1ccc(/C=C(\NC(=O)c2ccccc2)C(=O)Nc2cccc(SC(C(=O)Nc3ccc(Cl)cc3Cl)c3ccccc3)c2)cc1. The molecule has 1 atom stereocenters. The first-order chi connectivity index (χ1) is 22.2. The van der Waals surface area contributed by atoms with Crippen LogP contribution >= 0.6 is 35.0 Å². The molecule has 5 aromatic rings. The summed E-state index contributed by atoms with van der Waals surface area (Å²) in [6.07, 6.45) is 1.63. The van der Waals surface area contributed by atoms with Gasteiger partial charge >= 0.3 is 0 Å². The zero-order chi connectivity index (χ0) is 32.5. The van der Waals surface area contributed by atoms with Gasteiger partial charge < -0.3 is 16.0 Å². The molecule has 3 amide bonds. The molecule has 0 heterocycles. The van der Waals surface area contributed by atoms with Crippen molar-refractivity contribution in [1.29, 1.82) is 0 Å². The van der Waals surface area contributed by atoms with Crippen molar-refractivity contribution in [3.05, 3.63) is 165 Å². The Morgan fingerprint density at radius 1 is 0.739 bits per heavy atom. The van der Waals surface area contributed by atoms with Crippen LogP contribution in [-0.2, 0) is 9.59 Å². The van der Waals surface area contributed by atoms with Gasteiger partial charge in [-0.1, -0.05) is 108 Å². The number of hydrogen-bond acceptors (Lipinski definition) is 4. The van der Waals surface area contributed by atoms with Gasteiger partial charge in [-0.15, -0.1) is 11.8 Å². The van der Waals surface area contributed by atoms with E-state index < -0.39 is 17.1 Å². The third-order valence-electron chi connectivity index (χ3n) is 6.79. The zero-order valence-electron chi connectivity index (χ0n) is 24.7. The summed E-state index contributed by atoms with van der Waals surface area (Å²) in [6, 6.07) is 37.7. The number of amides is 3. The molecule has 0 bridgehead atoms. The topological polar surface area (TPSA) is 87.3 Å². The molecule has 0 aliphatic carbocycles. The number of thioether (sulfide) groups is 1. The molecule has 0 fully saturated rings. The second-order valence-corrected chi connectivity index (χ2v) is 12.3. The van der Waals surface area contributed by atoms with Crippen LogP contribution in [0.4, 0.5) is 11.4 Å². The third-order valence-corrected chi connectivity index (χ3v) is 8.59. The summed E-state index contributed by atoms with van der Waals surface area (Å²) in [5.74, 6) is -1.18. The van der Waals surface area contributed by atoms with E-state index in [0.717, 1.165) is 21.6 Å². The number of halogens is 2. The van der Waals surface area contributed by atoms with Crippen molar-refractivity contribution in [2.75, 3.05) is 10.6 Å². The van der Waals surface area contributed by atoms with E-state index in [4.69, 9.17) is 23.2 Å². The fourth-order valence-electron chi connectivity index (χ4n) is 4.44. The van der Waals surface area contributed by atoms with Crippen LogP contribution in [0.15, 0.2) is 138 Å². The normalized spacial score (nSPS) is 11.8. The Labute approximate surface area is 281 Å². The first-order valence-corrected chi connectivity index (χ1v) is 15.9. The van der Waals surface area contributed by atoms with E-state index in [0.29, 0.717) is 27.0 Å². The molecule has 6 nitrogen and oxygen atoms in total. The smallest absolute Gasteiger partial charge is 0.272 e. The highest BCUT2D eigenvalue weighted by Crippen LogP contribution is 2.38. The van der Waals surface area contributed by atoms with E-state index in [2.05, 4.69) is 16.0 Å². The number of hydrogen-bond donors (Lipinski definition) is 3. The minimum atomic E-state index is -0.638. The molecule has 0 aliphatic heterocycles. The van der Waals surface area contributed by atoms with Crippen molar-refractivity contribution in [3.8, 4) is 0 Å². The minimum absolute atomic E-state index is 0.0807. The van der Waals surface area contributed by atoms with Gasteiger partial charge in [-0.05, 0) is 72.7 Å². The van der Waals surface area contributed by atoms with Crippen LogP contribution < -0.4 is 16.0 Å². The number of nitrogens with one attached hydrogen (secondary N) is 3. The molecule has 0 saturated carbocycles. The average Bonchev–Trinajstić information content (AvgIpc) is 3.06. The number of anilines is 2. The Balaban J connectivity index is 1.38. The van der Waals surface area contributed by atoms with E-state index >= 15 is 0 Å². The molecule has 0 aromatic heterocycles. The van der Waals surface area contributed by atoms with Gasteiger partial charge in [0.1, 0.15) is 10.9 Å². The Morgan fingerprint density at radius 2 is 1.43 bits per heavy atom. The summed E-state index contributed by atoms with van der Waals surface area (Å²) in [5.41, 5.74) is 4.06. The highest BCUT2D eigenvalue weighted by atomic mass is 35.5. The first-order valence-electron chi connectivity index (χ1n) is 14.3. The molecule has 46 heavy (non-hydrogen) atoms. The molecule has 0 spiro atoms. The van der Waals surface area contributed by atoms with Crippen LogP contribution in [0.25, 0.3) is 6.08 Å². The molecule has 5 rings (SSSR count). The monoisotopic (exact) mass is 665 g/mol. The summed E-state index contributed by atoms with van der Waals surface area (Å²) in [4.78, 5) is 40.9. The Morgan fingerprint density at radius 3 is 2.13 bits per heavy atom. The molecular formula is C37H29Cl2N3O3S. The molecular weight excluding hydrogens is 637 g/mol. The second kappa shape index (κ2) is 15.5. The van der Waals surface area contributed by atoms with Gasteiger partial charge in [0.05, 0.1) is 10.7 Å². The van der Waals surface area contributed by atoms with Crippen LogP contribution in [0.2, 0.25) is 10.0 Å². The maximum Gasteiger partial charge on any atom is 0.272 e. The third kappa shape index (κ3) is 8.88. The van der Waals surface area contributed by atoms with Gasteiger partial charge in [-0.2, -0.15) is 0 Å². The summed E-state index contributed by atoms with van der Waals surface area (Å²) in [5, 5.41) is 8.73. The maximum absolute atomic E-state index is 13.6. The number of aryl methyl sites for hydroxylation is 1. The lowest BCUT2D eigenvalue weighted by molar-refractivity contribution is -0.116. The predicted molar refractivity (Wildman–Crippen MR) is 188 cm³/mol. The molecule has 0 saturated heterocycles. The quantitative estimate of drug-likeness (QED) is 0.103. The van der Waals surface area contributed by atoms with Crippen molar-refractivity contribution >= 4 is 70.1 Å². The average molecular weight is 667 g/mol. The number of carbonyl (C=O) groups is 3. The number of benzene rings is 5. The highest BCUT2D eigenvalue weighted by molar-refractivity contribution is 8.00. The van der Waals surface area contributed by atoms with Crippen molar-refractivity contribution in [1.82, 2.24) is 5.32 Å². The summed E-state index contributed by atoms with van der Waals surface area (Å²) in [7, 11) is 0. The fraction of sp³-hybridized carbons (Fsp3) is 0.0541. The van der Waals surface area contributed by atoms with Gasteiger partial charge in [0.25, 0.3) is 11.8 Å². The Kier molecular flexibility index (Phi) is 10.9. The second-order valence-electron chi connectivity index (χ2n) is 10.3. The molecule has 0 aliphatic rings. The van der Waals surface area contributed by atoms with E-state index in [1.807, 2.05) is 73.7 Å². The largest absolute Gasteiger partial charge is 0.323 e. The van der Waals surface area contributed by atoms with Crippen LogP contribution in [0.3, 0.4) is 0 Å². The highest BCUT2D eigenvalue weighted by Gasteiger charge is 2.23. The summed E-state index contributed by atoms with van der Waals surface area (Å²) >= 11 is 13.7. The number of rotatable bonds is 10. The van der Waals surface area contributed by atoms with Crippen LogP contribution in [-0.4, -0.2) is 17.7 Å². The molecule has 9 heteroatoms. The Hall–Kier alpha value is -4.82. The first kappa shape index (κ1) is 32.6. The minimum Gasteiger partial charge on any atom is -0.323 e. The van der Waals surface area contributed by atoms with E-state index in [1.54, 1.807) is 66.7 Å². The summed E-state index contributed by atoms with van der Waals surface area (Å²) in [6.45, 7) is 1.97. The van der Waals surface area contributed by atoms with Gasteiger partial charge in [-0.25, -0.2) is 0 Å². The lowest BCUT2D eigenvalue weighted by Gasteiger charge is -2.18. The van der Waals surface area contributed by atoms with Crippen molar-refractivity contribution < 1.29 is 14.4 Å². The van der Waals surface area contributed by atoms with E-state index in [-0.39, 0.29) is 11.6 Å². The van der Waals surface area contributed by atoms with Crippen LogP contribution in [0.1, 0.15) is 32.3 Å². The van der Waals surface area contributed by atoms with Crippen LogP contribution in [0, 0.1) is 6.92 Å². The van der Waals surface area contributed by atoms with Gasteiger partial charge in [0.15, 0.2) is 0 Å². The van der Waals surface area contributed by atoms with Crippen LogP contribution in [0.5, 0.6) is 0 Å². The molecule has 1 unspecified atom stereocenters. The molecule has 5 aromatic carbocycles. The van der Waals surface area contributed by atoms with Gasteiger partial charge in [0.2, 0.25) is 5.91 Å². The van der Waals surface area contributed by atoms with E-state index in [9.17, 15) is 14.4 Å². The molecule has 3 N–H and O–H groups in total. The lowest BCUT2D eigenvalue weighted by atomic mass is 10.1. The maximum atomic E-state index is 13.6. The van der Waals surface area contributed by atoms with E-state index in [1.165, 1.54) is 11.8 Å². The molecule has 230 valence electrons. The van der Waals surface area contributed by atoms with Crippen molar-refractivity contribution in [2.24, 2.45) is 0 Å². The predicted octanol–water partition coefficient (Wildman–Crippen LogP) is 9.18. The number of carbonyl (C=O) groups excluding carboxylic acids is 3. The van der Waals surface area contributed by atoms with Gasteiger partial charge in [-0.3, -0.25) is 14.4 Å². The van der Waals surface area contributed by atoms with Crippen molar-refractivity contribution in [2.45, 2.75) is 17.1 Å². The van der Waals surface area contributed by atoms with Gasteiger partial charge in [0, 0.05) is 21.2 Å². The standard InChI is InChI=1S/C37H29Cl2N3O3S/c1-24-15-17-25(18-16-24)21-33(42-35(43)27-11-6-3-7-12-27)36(44)40-29-13-8-14-30(23-29)46-34(26-9-4-2-5-10-26)37(45)41-32-20-19-28(38)22-31(32)39/h2-23,34H,1H3,(H,40,44)(H,41,45)(H,42,43)/b33-21-. The fourth-order valence-corrected chi connectivity index (χ4v) is 5.98. The molecule has 0 radical (unpaired) electrons.